The molecular formula is C83H110F16O6. The second kappa shape index (κ2) is 47.0. The summed E-state index contributed by atoms with van der Waals surface area (Å²) < 4.78 is 221. The van der Waals surface area contributed by atoms with Crippen molar-refractivity contribution in [1.82, 2.24) is 0 Å². The molecule has 0 aliphatic heterocycles. The van der Waals surface area contributed by atoms with Gasteiger partial charge in [-0.15, -0.1) is 26.3 Å². The molecule has 0 spiro atoms. The number of hydrogen-bond donors (Lipinski definition) is 0. The number of halogens is 16. The lowest BCUT2D eigenvalue weighted by Gasteiger charge is -2.19. The maximum absolute atomic E-state index is 12.3. The van der Waals surface area contributed by atoms with Crippen molar-refractivity contribution in [2.24, 2.45) is 0 Å². The molecule has 0 bridgehead atoms. The van der Waals surface area contributed by atoms with Gasteiger partial charge in [0.05, 0.1) is 26.0 Å². The van der Waals surface area contributed by atoms with Crippen molar-refractivity contribution in [1.29, 1.82) is 0 Å². The normalized spacial score (nSPS) is 12.0. The second-order valence-electron chi connectivity index (χ2n) is 26.8. The second-order valence-corrected chi connectivity index (χ2v) is 26.8. The number of ether oxygens (including phenoxy) is 6. The number of aryl methyl sites for hydroxylation is 3. The van der Waals surface area contributed by atoms with E-state index in [9.17, 15) is 70.2 Å². The Hall–Kier alpha value is -7.78. The van der Waals surface area contributed by atoms with Crippen molar-refractivity contribution in [3.05, 3.63) is 213 Å². The molecular weight excluding hydrogens is 1400 g/mol. The first-order valence-corrected chi connectivity index (χ1v) is 34.9. The van der Waals surface area contributed by atoms with Crippen molar-refractivity contribution in [3.63, 3.8) is 0 Å². The Morgan fingerprint density at radius 2 is 0.676 bits per heavy atom. The monoisotopic (exact) mass is 1510 g/mol. The standard InChI is InChI=1S/C13H20O.C12H12F6O2.2C12H15F3O.C12H18O.C11H16.C10H11F3.CH3F/c1-4-5-10-14-13-8-6-12(7-9-13)11(2)3;1-6(2)8-4-7(3)10(20-12(16,17)18)9(5-8)19-11(13,14)15;1-8(2)10-4-6-11(7-5-10)16-9(3)12(13,14)15;1-8(2)10-5-4-6-11(7-10)16-9(3)12(13,14)15;1-4-9-13-12-7-5-11(6-8-12)10(2)3;1-8(2)11-6-9(3)5-10(4)7-11;1-7(2)8-4-3-5-9(6-8)10(11,12)13;1-2/h6-9,11H,4-5,10H2,1-3H3;4-6H,1-3H3;2*4-9H,1-3H3;5-8,10H,4,9H2,1-3H3;5-8H,1-4H3;3-7H,1-2H3;1H3. The third-order valence-corrected chi connectivity index (χ3v) is 15.1. The lowest BCUT2D eigenvalue weighted by Crippen LogP contribution is -2.31. The number of hydrogen-bond acceptors (Lipinski definition) is 6. The van der Waals surface area contributed by atoms with Crippen LogP contribution in [0.3, 0.4) is 0 Å². The summed E-state index contributed by atoms with van der Waals surface area (Å²) in [7, 11) is 0.500. The molecule has 0 saturated carbocycles. The van der Waals surface area contributed by atoms with Gasteiger partial charge in [0.2, 0.25) is 0 Å². The Labute approximate surface area is 613 Å². The van der Waals surface area contributed by atoms with Crippen LogP contribution in [0.4, 0.5) is 70.2 Å². The highest BCUT2D eigenvalue weighted by atomic mass is 19.4. The van der Waals surface area contributed by atoms with Gasteiger partial charge in [0.25, 0.3) is 0 Å². The van der Waals surface area contributed by atoms with Crippen LogP contribution in [-0.2, 0) is 6.18 Å². The minimum atomic E-state index is -5.11. The molecule has 7 aromatic carbocycles. The molecule has 0 heterocycles. The highest BCUT2D eigenvalue weighted by Crippen LogP contribution is 2.41. The first-order chi connectivity index (χ1) is 48.5. The first-order valence-electron chi connectivity index (χ1n) is 34.9. The SMILES string of the molecule is CC(C)c1ccc(OC(C)C(F)(F)F)cc1.CC(C)c1cccc(C(F)(F)F)c1.CC(C)c1cccc(OC(C)C(F)(F)F)c1.CCCCOc1ccc(C(C)C)cc1.CCCOc1ccc(C(C)C)cc1.CF.Cc1cc(C(C)C)cc(OC(F)(F)F)c1OC(F)(F)F.Cc1cc(C)cc(C(C)C)c1. The molecule has 590 valence electrons. The molecule has 0 aliphatic carbocycles. The van der Waals surface area contributed by atoms with E-state index in [1.165, 1.54) is 65.4 Å². The summed E-state index contributed by atoms with van der Waals surface area (Å²) in [5.74, 6) is 2.90. The van der Waals surface area contributed by atoms with Crippen molar-refractivity contribution in [2.75, 3.05) is 20.4 Å². The molecule has 7 aromatic rings. The zero-order chi connectivity index (χ0) is 81.0. The zero-order valence-corrected chi connectivity index (χ0v) is 64.7. The molecule has 2 atom stereocenters. The van der Waals surface area contributed by atoms with Gasteiger partial charge in [0.15, 0.2) is 23.7 Å². The highest BCUT2D eigenvalue weighted by molar-refractivity contribution is 5.50. The maximum atomic E-state index is 12.3. The number of alkyl halides is 16. The minimum absolute atomic E-state index is 0.0900. The van der Waals surface area contributed by atoms with E-state index in [-0.39, 0.29) is 34.8 Å². The van der Waals surface area contributed by atoms with E-state index in [0.29, 0.717) is 36.4 Å². The van der Waals surface area contributed by atoms with Gasteiger partial charge in [-0.05, 0) is 194 Å². The number of rotatable bonds is 20. The van der Waals surface area contributed by atoms with Crippen LogP contribution in [0.2, 0.25) is 0 Å². The van der Waals surface area contributed by atoms with E-state index >= 15 is 0 Å². The fraction of sp³-hybridized carbons (Fsp3) is 0.494. The van der Waals surface area contributed by atoms with Gasteiger partial charge in [-0.2, -0.15) is 39.5 Å². The molecule has 0 fully saturated rings. The molecule has 0 amide bonds. The Morgan fingerprint density at radius 3 is 1.03 bits per heavy atom. The Kier molecular flexibility index (Phi) is 43.5. The van der Waals surface area contributed by atoms with Crippen molar-refractivity contribution in [2.45, 2.75) is 250 Å². The van der Waals surface area contributed by atoms with Gasteiger partial charge < -0.3 is 28.4 Å². The summed E-state index contributed by atoms with van der Waals surface area (Å²) in [4.78, 5) is 0. The van der Waals surface area contributed by atoms with Crippen molar-refractivity contribution >= 4 is 0 Å². The zero-order valence-electron chi connectivity index (χ0n) is 64.7. The summed E-state index contributed by atoms with van der Waals surface area (Å²) in [6.07, 6.45) is -23.3. The average molecular weight is 1510 g/mol. The van der Waals surface area contributed by atoms with E-state index < -0.39 is 60.5 Å². The highest BCUT2D eigenvalue weighted by Gasteiger charge is 2.40. The summed E-state index contributed by atoms with van der Waals surface area (Å²) in [6.45, 7) is 41.8. The van der Waals surface area contributed by atoms with E-state index in [4.69, 9.17) is 18.9 Å². The largest absolute Gasteiger partial charge is 0.573 e. The maximum Gasteiger partial charge on any atom is 0.573 e. The van der Waals surface area contributed by atoms with E-state index in [1.807, 2.05) is 59.7 Å². The molecule has 0 radical (unpaired) electrons. The summed E-state index contributed by atoms with van der Waals surface area (Å²) in [5, 5.41) is 0. The fourth-order valence-electron chi connectivity index (χ4n) is 8.84. The van der Waals surface area contributed by atoms with Crippen LogP contribution >= 0.6 is 0 Å². The lowest BCUT2D eigenvalue weighted by molar-refractivity contribution is -0.287. The van der Waals surface area contributed by atoms with Crippen LogP contribution < -0.4 is 28.4 Å². The molecule has 0 saturated heterocycles. The predicted octanol–water partition coefficient (Wildman–Crippen LogP) is 28.6. The molecule has 7 rings (SSSR count). The topological polar surface area (TPSA) is 55.4 Å². The van der Waals surface area contributed by atoms with Crippen LogP contribution in [0.15, 0.2) is 152 Å². The Bertz CT molecular complexity index is 3440. The molecule has 2 unspecified atom stereocenters. The van der Waals surface area contributed by atoms with Crippen LogP contribution in [0.1, 0.15) is 247 Å². The molecule has 0 aromatic heterocycles. The van der Waals surface area contributed by atoms with Crippen LogP contribution in [0, 0.1) is 20.8 Å². The molecule has 22 heteroatoms. The smallest absolute Gasteiger partial charge is 0.494 e. The van der Waals surface area contributed by atoms with Gasteiger partial charge in [0, 0.05) is 0 Å². The van der Waals surface area contributed by atoms with Gasteiger partial charge in [-0.25, -0.2) is 0 Å². The van der Waals surface area contributed by atoms with Crippen LogP contribution in [0.25, 0.3) is 0 Å². The van der Waals surface area contributed by atoms with Crippen molar-refractivity contribution in [3.8, 4) is 34.5 Å². The van der Waals surface area contributed by atoms with Gasteiger partial charge in [-0.1, -0.05) is 219 Å². The number of unbranched alkanes of at least 4 members (excludes halogenated alkanes) is 1. The van der Waals surface area contributed by atoms with Gasteiger partial charge in [-0.3, -0.25) is 4.39 Å². The number of benzene rings is 7. The third kappa shape index (κ3) is 41.6. The third-order valence-electron chi connectivity index (χ3n) is 15.1. The lowest BCUT2D eigenvalue weighted by atomic mass is 9.99. The average Bonchev–Trinajstić information content (AvgIpc) is 0.804. The van der Waals surface area contributed by atoms with Gasteiger partial charge in [0.1, 0.15) is 23.0 Å². The minimum Gasteiger partial charge on any atom is -0.494 e. The quantitative estimate of drug-likeness (QED) is 0.0560. The first kappa shape index (κ1) is 97.2. The van der Waals surface area contributed by atoms with Crippen molar-refractivity contribution < 1.29 is 98.7 Å². The predicted molar refractivity (Wildman–Crippen MR) is 392 cm³/mol. The molecule has 105 heavy (non-hydrogen) atoms. The molecule has 0 aliphatic rings. The fourth-order valence-corrected chi connectivity index (χ4v) is 8.84. The van der Waals surface area contributed by atoms with Crippen LogP contribution in [0.5, 0.6) is 34.5 Å². The van der Waals surface area contributed by atoms with Gasteiger partial charge >= 0.3 is 31.3 Å². The van der Waals surface area contributed by atoms with E-state index in [0.717, 1.165) is 80.2 Å². The van der Waals surface area contributed by atoms with Crippen LogP contribution in [-0.4, -0.2) is 57.7 Å². The summed E-state index contributed by atoms with van der Waals surface area (Å²) >= 11 is 0. The van der Waals surface area contributed by atoms with E-state index in [1.54, 1.807) is 56.3 Å². The van der Waals surface area contributed by atoms with E-state index in [2.05, 4.69) is 133 Å². The summed E-state index contributed by atoms with van der Waals surface area (Å²) in [6, 6.07) is 44.6. The summed E-state index contributed by atoms with van der Waals surface area (Å²) in [5.41, 5.74) is 9.43. The molecule has 6 nitrogen and oxygen atoms in total. The Balaban J connectivity index is 0.00000120. The molecule has 0 N–H and O–H groups in total. The Morgan fingerprint density at radius 1 is 0.324 bits per heavy atom.